The molecule has 1 unspecified atom stereocenters. The molecule has 1 aliphatic heterocycles. The zero-order chi connectivity index (χ0) is 18.4. The maximum Gasteiger partial charge on any atom is 0.317 e. The molecule has 5 nitrogen and oxygen atoms in total. The number of nitrogens with one attached hydrogen (secondary N) is 1. The number of nitrogens with zero attached hydrogens (tertiary/aromatic N) is 2. The van der Waals surface area contributed by atoms with Gasteiger partial charge in [0.15, 0.2) is 0 Å². The summed E-state index contributed by atoms with van der Waals surface area (Å²) in [5.74, 6) is 0.503. The van der Waals surface area contributed by atoms with Gasteiger partial charge in [0.25, 0.3) is 0 Å². The van der Waals surface area contributed by atoms with Crippen molar-refractivity contribution in [1.82, 2.24) is 15.1 Å². The quantitative estimate of drug-likeness (QED) is 0.872. The largest absolute Gasteiger partial charge is 0.337 e. The molecule has 0 aromatic heterocycles. The number of hydrogen-bond donors (Lipinski definition) is 1. The summed E-state index contributed by atoms with van der Waals surface area (Å²) in [7, 11) is -0.931. The van der Waals surface area contributed by atoms with Crippen molar-refractivity contribution in [3.8, 4) is 0 Å². The summed E-state index contributed by atoms with van der Waals surface area (Å²) in [6, 6.07) is 8.53. The maximum atomic E-state index is 12.2. The van der Waals surface area contributed by atoms with E-state index < -0.39 is 10.8 Å². The Hall–Kier alpha value is -1.40. The van der Waals surface area contributed by atoms with E-state index in [1.165, 1.54) is 11.1 Å². The molecule has 1 fully saturated rings. The van der Waals surface area contributed by atoms with Gasteiger partial charge in [0.2, 0.25) is 0 Å². The van der Waals surface area contributed by atoms with Crippen LogP contribution in [0.2, 0.25) is 0 Å². The SMILES string of the molecule is Cc1cccc(CN2CCN(C(=O)NCCS(=O)C(C)(C)C)CC2)c1. The number of piperazine rings is 1. The van der Waals surface area contributed by atoms with Crippen molar-refractivity contribution in [3.63, 3.8) is 0 Å². The molecule has 0 radical (unpaired) electrons. The predicted molar refractivity (Wildman–Crippen MR) is 104 cm³/mol. The lowest BCUT2D eigenvalue weighted by Gasteiger charge is -2.34. The van der Waals surface area contributed by atoms with Crippen LogP contribution in [0.15, 0.2) is 24.3 Å². The van der Waals surface area contributed by atoms with Crippen molar-refractivity contribution in [2.45, 2.75) is 39.0 Å². The Morgan fingerprint density at radius 3 is 2.48 bits per heavy atom. The molecule has 0 bridgehead atoms. The van der Waals surface area contributed by atoms with Gasteiger partial charge in [-0.3, -0.25) is 9.11 Å². The van der Waals surface area contributed by atoms with Crippen molar-refractivity contribution < 1.29 is 9.00 Å². The molecule has 25 heavy (non-hydrogen) atoms. The van der Waals surface area contributed by atoms with Crippen LogP contribution in [-0.4, -0.2) is 63.3 Å². The van der Waals surface area contributed by atoms with Gasteiger partial charge in [-0.25, -0.2) is 4.79 Å². The second-order valence-corrected chi connectivity index (χ2v) is 9.97. The average Bonchev–Trinajstić information content (AvgIpc) is 2.54. The van der Waals surface area contributed by atoms with E-state index in [0.717, 1.165) is 32.7 Å². The Labute approximate surface area is 154 Å². The molecule has 0 aliphatic carbocycles. The summed E-state index contributed by atoms with van der Waals surface area (Å²) < 4.78 is 11.8. The Bertz CT molecular complexity index is 605. The molecular formula is C19H31N3O2S. The minimum Gasteiger partial charge on any atom is -0.337 e. The smallest absolute Gasteiger partial charge is 0.317 e. The summed E-state index contributed by atoms with van der Waals surface area (Å²) in [5.41, 5.74) is 2.60. The molecule has 140 valence electrons. The van der Waals surface area contributed by atoms with Crippen LogP contribution in [0.4, 0.5) is 4.79 Å². The van der Waals surface area contributed by atoms with Gasteiger partial charge in [0, 0.05) is 60.6 Å². The molecule has 2 amide bonds. The third-order valence-corrected chi connectivity index (χ3v) is 6.34. The lowest BCUT2D eigenvalue weighted by atomic mass is 10.1. The highest BCUT2D eigenvalue weighted by atomic mass is 32.2. The summed E-state index contributed by atoms with van der Waals surface area (Å²) in [6.07, 6.45) is 0. The fraction of sp³-hybridized carbons (Fsp3) is 0.632. The van der Waals surface area contributed by atoms with Gasteiger partial charge in [-0.15, -0.1) is 0 Å². The first-order valence-corrected chi connectivity index (χ1v) is 10.3. The highest BCUT2D eigenvalue weighted by molar-refractivity contribution is 7.86. The van der Waals surface area contributed by atoms with Crippen LogP contribution in [0.25, 0.3) is 0 Å². The topological polar surface area (TPSA) is 52.6 Å². The Kier molecular flexibility index (Phi) is 7.02. The van der Waals surface area contributed by atoms with E-state index >= 15 is 0 Å². The number of aryl methyl sites for hydroxylation is 1. The number of carbonyl (C=O) groups is 1. The number of rotatable bonds is 5. The first-order chi connectivity index (χ1) is 11.8. The number of hydrogen-bond acceptors (Lipinski definition) is 3. The summed E-state index contributed by atoms with van der Waals surface area (Å²) in [5, 5.41) is 2.90. The molecule has 0 saturated carbocycles. The van der Waals surface area contributed by atoms with Crippen LogP contribution >= 0.6 is 0 Å². The first-order valence-electron chi connectivity index (χ1n) is 8.95. The monoisotopic (exact) mass is 365 g/mol. The molecule has 1 atom stereocenters. The standard InChI is InChI=1S/C19H31N3O2S/c1-16-6-5-7-17(14-16)15-21-9-11-22(12-10-21)18(23)20-8-13-25(24)19(2,3)4/h5-7,14H,8-13,15H2,1-4H3,(H,20,23). The van der Waals surface area contributed by atoms with Crippen LogP contribution in [0.3, 0.4) is 0 Å². The van der Waals surface area contributed by atoms with Gasteiger partial charge in [-0.05, 0) is 33.3 Å². The lowest BCUT2D eigenvalue weighted by Crippen LogP contribution is -2.52. The molecule has 1 aliphatic rings. The summed E-state index contributed by atoms with van der Waals surface area (Å²) >= 11 is 0. The third kappa shape index (κ3) is 6.44. The average molecular weight is 366 g/mol. The lowest BCUT2D eigenvalue weighted by molar-refractivity contribution is 0.135. The molecule has 1 heterocycles. The summed E-state index contributed by atoms with van der Waals surface area (Å²) in [4.78, 5) is 16.5. The Morgan fingerprint density at radius 2 is 1.88 bits per heavy atom. The minimum atomic E-state index is -0.931. The zero-order valence-corrected chi connectivity index (χ0v) is 16.7. The fourth-order valence-electron chi connectivity index (χ4n) is 2.85. The van der Waals surface area contributed by atoms with Gasteiger partial charge < -0.3 is 10.2 Å². The number of carbonyl (C=O) groups excluding carboxylic acids is 1. The van der Waals surface area contributed by atoms with Gasteiger partial charge in [0.1, 0.15) is 0 Å². The molecular weight excluding hydrogens is 334 g/mol. The van der Waals surface area contributed by atoms with E-state index in [1.54, 1.807) is 0 Å². The van der Waals surface area contributed by atoms with Crippen LogP contribution < -0.4 is 5.32 Å². The van der Waals surface area contributed by atoms with Crippen LogP contribution in [0.5, 0.6) is 0 Å². The van der Waals surface area contributed by atoms with Gasteiger partial charge in [0.05, 0.1) is 0 Å². The number of urea groups is 1. The predicted octanol–water partition coefficient (Wildman–Crippen LogP) is 2.37. The molecule has 0 spiro atoms. The van der Waals surface area contributed by atoms with E-state index in [-0.39, 0.29) is 10.8 Å². The molecule has 6 heteroatoms. The minimum absolute atomic E-state index is 0.0406. The van der Waals surface area contributed by atoms with E-state index in [9.17, 15) is 9.00 Å². The number of benzene rings is 1. The normalized spacial score (nSPS) is 17.4. The first kappa shape index (κ1) is 19.9. The molecule has 1 aromatic rings. The third-order valence-electron chi connectivity index (χ3n) is 4.39. The van der Waals surface area contributed by atoms with Crippen molar-refractivity contribution >= 4 is 16.8 Å². The highest BCUT2D eigenvalue weighted by Crippen LogP contribution is 2.11. The highest BCUT2D eigenvalue weighted by Gasteiger charge is 2.22. The van der Waals surface area contributed by atoms with Crippen molar-refractivity contribution in [1.29, 1.82) is 0 Å². The number of amides is 2. The van der Waals surface area contributed by atoms with E-state index in [1.807, 2.05) is 25.7 Å². The Morgan fingerprint density at radius 1 is 1.20 bits per heavy atom. The van der Waals surface area contributed by atoms with Gasteiger partial charge in [-0.2, -0.15) is 0 Å². The van der Waals surface area contributed by atoms with Gasteiger partial charge >= 0.3 is 6.03 Å². The van der Waals surface area contributed by atoms with Crippen LogP contribution in [0.1, 0.15) is 31.9 Å². The molecule has 1 saturated heterocycles. The van der Waals surface area contributed by atoms with E-state index in [4.69, 9.17) is 0 Å². The van der Waals surface area contributed by atoms with Crippen molar-refractivity contribution in [3.05, 3.63) is 35.4 Å². The maximum absolute atomic E-state index is 12.2. The van der Waals surface area contributed by atoms with Crippen LogP contribution in [0, 0.1) is 6.92 Å². The Balaban J connectivity index is 1.70. The second kappa shape index (κ2) is 8.81. The second-order valence-electron chi connectivity index (χ2n) is 7.65. The van der Waals surface area contributed by atoms with Crippen molar-refractivity contribution in [2.24, 2.45) is 0 Å². The van der Waals surface area contributed by atoms with Gasteiger partial charge in [-0.1, -0.05) is 29.8 Å². The van der Waals surface area contributed by atoms with Crippen molar-refractivity contribution in [2.75, 3.05) is 38.5 Å². The molecule has 1 aromatic carbocycles. The van der Waals surface area contributed by atoms with E-state index in [2.05, 4.69) is 41.4 Å². The molecule has 1 N–H and O–H groups in total. The fourth-order valence-corrected chi connectivity index (χ4v) is 3.75. The van der Waals surface area contributed by atoms with E-state index in [0.29, 0.717) is 12.3 Å². The van der Waals surface area contributed by atoms with Crippen LogP contribution in [-0.2, 0) is 17.3 Å². The zero-order valence-electron chi connectivity index (χ0n) is 15.9. The summed E-state index contributed by atoms with van der Waals surface area (Å²) in [6.45, 7) is 12.6. The molecule has 2 rings (SSSR count).